The van der Waals surface area contributed by atoms with Crippen molar-refractivity contribution in [2.75, 3.05) is 12.8 Å². The molecule has 0 spiro atoms. The van der Waals surface area contributed by atoms with Crippen LogP contribution in [-0.2, 0) is 16.0 Å². The second-order valence-corrected chi connectivity index (χ2v) is 2.64. The monoisotopic (exact) mass is 191 g/mol. The maximum Gasteiger partial charge on any atom is 0.311 e. The smallest absolute Gasteiger partial charge is 0.311 e. The van der Waals surface area contributed by atoms with Crippen LogP contribution in [0.2, 0.25) is 0 Å². The van der Waals surface area contributed by atoms with Crippen LogP contribution in [0.25, 0.3) is 0 Å². The summed E-state index contributed by atoms with van der Waals surface area (Å²) in [6.07, 6.45) is 0.0240. The number of carbonyl (C=O) groups is 1. The van der Waals surface area contributed by atoms with Gasteiger partial charge in [0.15, 0.2) is 0 Å². The highest BCUT2D eigenvalue weighted by Gasteiger charge is 2.06. The van der Waals surface area contributed by atoms with Gasteiger partial charge in [-0.3, -0.25) is 4.79 Å². The Kier molecular flexibility index (Phi) is 3.02. The molecule has 0 bridgehead atoms. The Morgan fingerprint density at radius 1 is 1.71 bits per heavy atom. The highest BCUT2D eigenvalue weighted by Crippen LogP contribution is 2.07. The Balaban J connectivity index is 2.93. The van der Waals surface area contributed by atoms with E-state index in [1.165, 1.54) is 19.2 Å². The lowest BCUT2D eigenvalue weighted by Gasteiger charge is -2.01. The molecule has 0 radical (unpaired) electrons. The quantitative estimate of drug-likeness (QED) is 0.677. The zero-order valence-corrected chi connectivity index (χ0v) is 7.65. The fourth-order valence-electron chi connectivity index (χ4n) is 0.986. The maximum atomic E-state index is 10.9. The van der Waals surface area contributed by atoms with Crippen molar-refractivity contribution in [1.29, 1.82) is 5.26 Å². The molecule has 1 rings (SSSR count). The SMILES string of the molecule is COC(=O)Cc1cc(C#N)cc(N)n1. The third-order valence-electron chi connectivity index (χ3n) is 1.58. The first-order valence-corrected chi connectivity index (χ1v) is 3.89. The van der Waals surface area contributed by atoms with E-state index in [0.717, 1.165) is 0 Å². The molecule has 0 fully saturated rings. The third kappa shape index (κ3) is 2.45. The van der Waals surface area contributed by atoms with Crippen molar-refractivity contribution < 1.29 is 9.53 Å². The molecule has 5 heteroatoms. The molecule has 1 aromatic heterocycles. The Bertz CT molecular complexity index is 396. The van der Waals surface area contributed by atoms with Gasteiger partial charge in [0, 0.05) is 0 Å². The van der Waals surface area contributed by atoms with Crippen molar-refractivity contribution >= 4 is 11.8 Å². The number of ether oxygens (including phenoxy) is 1. The minimum atomic E-state index is -0.410. The molecular weight excluding hydrogens is 182 g/mol. The molecule has 0 aliphatic rings. The highest BCUT2D eigenvalue weighted by molar-refractivity contribution is 5.72. The first kappa shape index (κ1) is 9.99. The molecule has 0 amide bonds. The van der Waals surface area contributed by atoms with Crippen molar-refractivity contribution in [3.63, 3.8) is 0 Å². The van der Waals surface area contributed by atoms with Crippen LogP contribution in [0, 0.1) is 11.3 Å². The molecule has 0 atom stereocenters. The van der Waals surface area contributed by atoms with Gasteiger partial charge in [-0.05, 0) is 12.1 Å². The lowest BCUT2D eigenvalue weighted by Crippen LogP contribution is -2.07. The van der Waals surface area contributed by atoms with E-state index >= 15 is 0 Å². The number of aromatic nitrogens is 1. The van der Waals surface area contributed by atoms with Crippen LogP contribution < -0.4 is 5.73 Å². The molecule has 0 saturated heterocycles. The molecule has 14 heavy (non-hydrogen) atoms. The van der Waals surface area contributed by atoms with Crippen LogP contribution in [-0.4, -0.2) is 18.1 Å². The van der Waals surface area contributed by atoms with E-state index in [2.05, 4.69) is 9.72 Å². The van der Waals surface area contributed by atoms with Crippen LogP contribution in [0.1, 0.15) is 11.3 Å². The summed E-state index contributed by atoms with van der Waals surface area (Å²) in [5.41, 5.74) is 6.26. The number of nitrogens with two attached hydrogens (primary N) is 1. The van der Waals surface area contributed by atoms with Gasteiger partial charge in [0.25, 0.3) is 0 Å². The molecule has 2 N–H and O–H groups in total. The Hall–Kier alpha value is -2.09. The van der Waals surface area contributed by atoms with Gasteiger partial charge in [-0.15, -0.1) is 0 Å². The molecule has 0 unspecified atom stereocenters. The van der Waals surface area contributed by atoms with E-state index < -0.39 is 5.97 Å². The number of hydrogen-bond acceptors (Lipinski definition) is 5. The van der Waals surface area contributed by atoms with Gasteiger partial charge >= 0.3 is 5.97 Å². The predicted molar refractivity (Wildman–Crippen MR) is 49.1 cm³/mol. The van der Waals surface area contributed by atoms with Gasteiger partial charge in [0.05, 0.1) is 30.9 Å². The minimum absolute atomic E-state index is 0.0240. The van der Waals surface area contributed by atoms with Crippen molar-refractivity contribution in [3.05, 3.63) is 23.4 Å². The lowest BCUT2D eigenvalue weighted by atomic mass is 10.2. The van der Waals surface area contributed by atoms with Gasteiger partial charge in [-0.2, -0.15) is 5.26 Å². The number of nitrogen functional groups attached to an aromatic ring is 1. The molecule has 0 aromatic carbocycles. The fourth-order valence-corrected chi connectivity index (χ4v) is 0.986. The predicted octanol–water partition coefficient (Wildman–Crippen LogP) is 0.251. The fraction of sp³-hybridized carbons (Fsp3) is 0.222. The van der Waals surface area contributed by atoms with E-state index in [1.54, 1.807) is 0 Å². The molecule has 1 aromatic rings. The van der Waals surface area contributed by atoms with Crippen molar-refractivity contribution in [2.24, 2.45) is 0 Å². The van der Waals surface area contributed by atoms with Gasteiger partial charge in [-0.25, -0.2) is 4.98 Å². The molecule has 0 aliphatic carbocycles. The summed E-state index contributed by atoms with van der Waals surface area (Å²) >= 11 is 0. The van der Waals surface area contributed by atoms with Crippen LogP contribution in [0.3, 0.4) is 0 Å². The normalized spacial score (nSPS) is 9.14. The van der Waals surface area contributed by atoms with E-state index in [9.17, 15) is 4.79 Å². The summed E-state index contributed by atoms with van der Waals surface area (Å²) in [7, 11) is 1.29. The molecule has 0 aliphatic heterocycles. The van der Waals surface area contributed by atoms with E-state index in [1.807, 2.05) is 6.07 Å². The third-order valence-corrected chi connectivity index (χ3v) is 1.58. The number of nitrogens with zero attached hydrogens (tertiary/aromatic N) is 2. The summed E-state index contributed by atoms with van der Waals surface area (Å²) in [6, 6.07) is 4.88. The molecule has 1 heterocycles. The van der Waals surface area contributed by atoms with Gasteiger partial charge in [-0.1, -0.05) is 0 Å². The average Bonchev–Trinajstić information content (AvgIpc) is 2.16. The summed E-state index contributed by atoms with van der Waals surface area (Å²) in [4.78, 5) is 14.8. The Morgan fingerprint density at radius 3 is 3.00 bits per heavy atom. The molecule has 0 saturated carbocycles. The Morgan fingerprint density at radius 2 is 2.43 bits per heavy atom. The number of hydrogen-bond donors (Lipinski definition) is 1. The van der Waals surface area contributed by atoms with Crippen LogP contribution >= 0.6 is 0 Å². The molecule has 5 nitrogen and oxygen atoms in total. The Labute approximate surface area is 81.1 Å². The second kappa shape index (κ2) is 4.23. The number of methoxy groups -OCH3 is 1. The highest BCUT2D eigenvalue weighted by atomic mass is 16.5. The second-order valence-electron chi connectivity index (χ2n) is 2.64. The first-order valence-electron chi connectivity index (χ1n) is 3.89. The van der Waals surface area contributed by atoms with Crippen molar-refractivity contribution in [2.45, 2.75) is 6.42 Å². The average molecular weight is 191 g/mol. The van der Waals surface area contributed by atoms with Crippen LogP contribution in [0.15, 0.2) is 12.1 Å². The minimum Gasteiger partial charge on any atom is -0.469 e. The van der Waals surface area contributed by atoms with E-state index in [4.69, 9.17) is 11.0 Å². The summed E-state index contributed by atoms with van der Waals surface area (Å²) in [5, 5.41) is 8.63. The number of carbonyl (C=O) groups excluding carboxylic acids is 1. The van der Waals surface area contributed by atoms with Gasteiger partial charge in [0.2, 0.25) is 0 Å². The zero-order valence-electron chi connectivity index (χ0n) is 7.65. The summed E-state index contributed by atoms with van der Waals surface area (Å²) < 4.78 is 4.46. The van der Waals surface area contributed by atoms with Crippen LogP contribution in [0.4, 0.5) is 5.82 Å². The number of pyridine rings is 1. The van der Waals surface area contributed by atoms with Gasteiger partial charge in [0.1, 0.15) is 5.82 Å². The van der Waals surface area contributed by atoms with Gasteiger partial charge < -0.3 is 10.5 Å². The molecule has 72 valence electrons. The number of rotatable bonds is 2. The number of anilines is 1. The largest absolute Gasteiger partial charge is 0.469 e. The van der Waals surface area contributed by atoms with Crippen LogP contribution in [0.5, 0.6) is 0 Å². The number of nitriles is 1. The lowest BCUT2D eigenvalue weighted by molar-refractivity contribution is -0.139. The summed E-state index contributed by atoms with van der Waals surface area (Å²) in [6.45, 7) is 0. The zero-order chi connectivity index (χ0) is 10.6. The summed E-state index contributed by atoms with van der Waals surface area (Å²) in [5.74, 6) is -0.185. The first-order chi connectivity index (χ1) is 6.65. The number of esters is 1. The van der Waals surface area contributed by atoms with Crippen molar-refractivity contribution in [3.8, 4) is 6.07 Å². The van der Waals surface area contributed by atoms with E-state index in [0.29, 0.717) is 11.3 Å². The van der Waals surface area contributed by atoms with Crippen molar-refractivity contribution in [1.82, 2.24) is 4.98 Å². The topological polar surface area (TPSA) is 89.0 Å². The standard InChI is InChI=1S/C9H9N3O2/c1-14-9(13)4-7-2-6(5-10)3-8(11)12-7/h2-3H,4H2,1H3,(H2,11,12). The van der Waals surface area contributed by atoms with E-state index in [-0.39, 0.29) is 12.2 Å². The molecular formula is C9H9N3O2. The maximum absolute atomic E-state index is 10.9.